The van der Waals surface area contributed by atoms with Gasteiger partial charge in [0.1, 0.15) is 78.4 Å². The number of rotatable bonds is 20. The molecule has 0 radical (unpaired) electrons. The zero-order chi connectivity index (χ0) is 76.6. The second-order valence-corrected chi connectivity index (χ2v) is 26.2. The molecule has 0 unspecified atom stereocenters. The standard InChI is InChI=1S/C28H25F3N4O3.C27H25ClN4O4.C26H22ClFN4O3/c1-3-24(36)34-13-5-6-18(16-34)35-27-20(14-32-15-21(27)28(30)31)26(33-35)17-9-11-19(12-10-17)38-23-8-4-7-22(37-2)25(23)29;1-4-24(33)31-13-12-18(16-31)32-27-20(14-29-15-23(27)35-3)26(30-32)17-8-10-19(11-9-17)36-22-7-5-6-21(34-2)25(22)28;1-3-23(33)31-12-11-17(15-31)32-26-19(13-29-14-20(26)28)25(30-32)16-7-9-18(10-8-16)35-22-6-4-5-21(34-2)24(22)27/h3-4,7-12,14-15,18,28H,1,5-6,13,16H2,2H3;4-11,14-15,18H,1,12-13,16H2,2-3H3;3-10,13-14,17H,1,11-12,15H2,2H3/t2*18-;17-/m111/s1. The van der Waals surface area contributed by atoms with E-state index in [1.165, 1.54) is 49.9 Å². The van der Waals surface area contributed by atoms with Gasteiger partial charge in [0.15, 0.2) is 23.1 Å². The smallest absolute Gasteiger partial charge is 0.267 e. The molecule has 22 nitrogen and oxygen atoms in total. The van der Waals surface area contributed by atoms with Crippen molar-refractivity contribution in [1.29, 1.82) is 0 Å². The number of amides is 3. The van der Waals surface area contributed by atoms with E-state index in [0.29, 0.717) is 153 Å². The van der Waals surface area contributed by atoms with Gasteiger partial charge in [0.2, 0.25) is 23.5 Å². The van der Waals surface area contributed by atoms with Crippen LogP contribution in [0.2, 0.25) is 10.0 Å². The SMILES string of the molecule is C=CC(=O)N1CCC[C@@H](n2nc(-c3ccc(Oc4cccc(OC)c4F)cc3)c3cncc(C(F)F)c32)C1.C=CC(=O)N1CC[C@@H](n2nc(-c3ccc(Oc4cccc(OC)c4Cl)cc3)c3cncc(F)c32)C1.C=CC(=O)N1CC[C@@H](n2nc(-c3ccc(Oc4cccc(OC)c4Cl)cc3)c3cncc(OC)c32)C1. The molecule has 3 saturated heterocycles. The lowest BCUT2D eigenvalue weighted by atomic mass is 10.0. The van der Waals surface area contributed by atoms with Crippen molar-refractivity contribution in [3.63, 3.8) is 0 Å². The summed E-state index contributed by atoms with van der Waals surface area (Å²) in [6.45, 7) is 13.8. The number of carbonyl (C=O) groups excluding carboxylic acids is 3. The number of hydrogen-bond donors (Lipinski definition) is 0. The van der Waals surface area contributed by atoms with E-state index in [-0.39, 0.29) is 52.9 Å². The molecular weight excluding hydrogens is 1450 g/mol. The number of alkyl halides is 2. The molecule has 3 aliphatic heterocycles. The van der Waals surface area contributed by atoms with E-state index in [9.17, 15) is 31.9 Å². The second-order valence-electron chi connectivity index (χ2n) is 25.4. The quantitative estimate of drug-likeness (QED) is 0.0512. The lowest BCUT2D eigenvalue weighted by Crippen LogP contribution is -2.40. The summed E-state index contributed by atoms with van der Waals surface area (Å²) in [5.41, 5.74) is 5.47. The number of nitrogens with zero attached hydrogens (tertiary/aromatic N) is 12. The van der Waals surface area contributed by atoms with Gasteiger partial charge in [-0.3, -0.25) is 43.4 Å². The summed E-state index contributed by atoms with van der Waals surface area (Å²) >= 11 is 12.7. The van der Waals surface area contributed by atoms with Crippen LogP contribution in [0.3, 0.4) is 0 Å². The van der Waals surface area contributed by atoms with Crippen LogP contribution in [0.4, 0.5) is 17.6 Å². The summed E-state index contributed by atoms with van der Waals surface area (Å²) in [6.07, 6.45) is 12.9. The van der Waals surface area contributed by atoms with Crippen molar-refractivity contribution in [2.45, 2.75) is 50.2 Å². The van der Waals surface area contributed by atoms with Crippen LogP contribution in [0.1, 0.15) is 55.8 Å². The number of fused-ring (bicyclic) bond motifs is 3. The number of hydrogen-bond acceptors (Lipinski definition) is 16. The van der Waals surface area contributed by atoms with Gasteiger partial charge < -0.3 is 47.9 Å². The predicted molar refractivity (Wildman–Crippen MR) is 405 cm³/mol. The maximum atomic E-state index is 14.9. The van der Waals surface area contributed by atoms with Crippen molar-refractivity contribution in [1.82, 2.24) is 59.0 Å². The lowest BCUT2D eigenvalue weighted by molar-refractivity contribution is -0.127. The molecule has 3 fully saturated rings. The number of piperidine rings is 1. The summed E-state index contributed by atoms with van der Waals surface area (Å²) in [4.78, 5) is 54.0. The van der Waals surface area contributed by atoms with E-state index >= 15 is 0 Å². The minimum Gasteiger partial charge on any atom is -0.495 e. The van der Waals surface area contributed by atoms with Crippen LogP contribution in [0.15, 0.2) is 203 Å². The van der Waals surface area contributed by atoms with Crippen molar-refractivity contribution in [2.24, 2.45) is 0 Å². The highest BCUT2D eigenvalue weighted by atomic mass is 35.5. The van der Waals surface area contributed by atoms with E-state index < -0.39 is 18.1 Å². The van der Waals surface area contributed by atoms with Gasteiger partial charge in [-0.1, -0.05) is 61.1 Å². The van der Waals surface area contributed by atoms with Gasteiger partial charge in [-0.05, 0) is 153 Å². The molecule has 0 bridgehead atoms. The first-order chi connectivity index (χ1) is 52.9. The Bertz CT molecular complexity index is 5390. The van der Waals surface area contributed by atoms with Crippen molar-refractivity contribution >= 4 is 73.6 Å². The molecule has 9 heterocycles. The van der Waals surface area contributed by atoms with Crippen LogP contribution in [0, 0.1) is 11.6 Å². The molecule has 0 N–H and O–H groups in total. The topological polar surface area (TPSA) is 218 Å². The van der Waals surface area contributed by atoms with Gasteiger partial charge in [0.25, 0.3) is 6.43 Å². The molecular formula is C81H72Cl2F4N12O10. The molecule has 3 amide bonds. The average Bonchev–Trinajstić information content (AvgIpc) is 1.61. The molecule has 28 heteroatoms. The van der Waals surface area contributed by atoms with Crippen LogP contribution in [0.5, 0.6) is 57.5 Å². The lowest BCUT2D eigenvalue weighted by Gasteiger charge is -2.32. The van der Waals surface area contributed by atoms with Crippen molar-refractivity contribution in [2.75, 3.05) is 67.7 Å². The molecule has 15 rings (SSSR count). The Morgan fingerprint density at radius 2 is 0.807 bits per heavy atom. The third-order valence-corrected chi connectivity index (χ3v) is 19.7. The number of ether oxygens (including phenoxy) is 7. The Labute approximate surface area is 633 Å². The Kier molecular flexibility index (Phi) is 22.9. The molecule has 6 aromatic heterocycles. The Morgan fingerprint density at radius 1 is 0.440 bits per heavy atom. The van der Waals surface area contributed by atoms with Crippen LogP contribution in [0.25, 0.3) is 66.5 Å². The van der Waals surface area contributed by atoms with Gasteiger partial charge in [-0.25, -0.2) is 13.2 Å². The third-order valence-electron chi connectivity index (χ3n) is 19.0. The number of methoxy groups -OCH3 is 4. The van der Waals surface area contributed by atoms with Crippen LogP contribution >= 0.6 is 23.2 Å². The molecule has 3 aliphatic rings. The summed E-state index contributed by atoms with van der Waals surface area (Å²) in [7, 11) is 6.09. The maximum absolute atomic E-state index is 14.9. The third kappa shape index (κ3) is 15.7. The monoisotopic (exact) mass is 1520 g/mol. The number of carbonyl (C=O) groups is 3. The summed E-state index contributed by atoms with van der Waals surface area (Å²) < 4.78 is 101. The number of benzene rings is 6. The first-order valence-electron chi connectivity index (χ1n) is 34.6. The van der Waals surface area contributed by atoms with Crippen LogP contribution < -0.4 is 33.2 Å². The van der Waals surface area contributed by atoms with Crippen LogP contribution in [-0.2, 0) is 14.4 Å². The number of pyridine rings is 3. The molecule has 3 atom stereocenters. The number of halogens is 6. The fourth-order valence-electron chi connectivity index (χ4n) is 13.6. The van der Waals surface area contributed by atoms with E-state index in [1.54, 1.807) is 137 Å². The zero-order valence-electron chi connectivity index (χ0n) is 59.5. The summed E-state index contributed by atoms with van der Waals surface area (Å²) in [5, 5.41) is 17.2. The minimum atomic E-state index is -2.75. The fraction of sp³-hybridized carbons (Fsp3) is 0.222. The molecule has 558 valence electrons. The van der Waals surface area contributed by atoms with Crippen molar-refractivity contribution in [3.05, 3.63) is 230 Å². The van der Waals surface area contributed by atoms with Crippen molar-refractivity contribution in [3.8, 4) is 91.3 Å². The number of aromatic nitrogens is 9. The predicted octanol–water partition coefficient (Wildman–Crippen LogP) is 17.5. The molecule has 6 aromatic carbocycles. The average molecular weight is 1520 g/mol. The summed E-state index contributed by atoms with van der Waals surface area (Å²) in [6, 6.07) is 36.5. The molecule has 109 heavy (non-hydrogen) atoms. The largest absolute Gasteiger partial charge is 0.495 e. The fourth-order valence-corrected chi connectivity index (χ4v) is 14.1. The highest BCUT2D eigenvalue weighted by Gasteiger charge is 2.34. The Morgan fingerprint density at radius 3 is 1.26 bits per heavy atom. The summed E-state index contributed by atoms with van der Waals surface area (Å²) in [5.74, 6) is 2.83. The normalized spacial score (nSPS) is 15.4. The van der Waals surface area contributed by atoms with E-state index in [1.807, 2.05) is 47.1 Å². The van der Waals surface area contributed by atoms with Gasteiger partial charge >= 0.3 is 0 Å². The highest BCUT2D eigenvalue weighted by molar-refractivity contribution is 6.34. The number of likely N-dealkylation sites (tertiary alicyclic amines) is 3. The van der Waals surface area contributed by atoms with E-state index in [0.717, 1.165) is 40.3 Å². The van der Waals surface area contributed by atoms with Gasteiger partial charge in [0, 0.05) is 91.5 Å². The van der Waals surface area contributed by atoms with Crippen LogP contribution in [-0.4, -0.2) is 144 Å². The first-order valence-corrected chi connectivity index (χ1v) is 35.3. The Balaban J connectivity index is 0.000000144. The molecule has 12 aromatic rings. The van der Waals surface area contributed by atoms with Gasteiger partial charge in [-0.2, -0.15) is 19.7 Å². The Hall–Kier alpha value is -12.3. The minimum absolute atomic E-state index is 0.00790. The van der Waals surface area contributed by atoms with Crippen molar-refractivity contribution < 1.29 is 65.1 Å². The molecule has 0 aliphatic carbocycles. The molecule has 0 saturated carbocycles. The van der Waals surface area contributed by atoms with E-state index in [2.05, 4.69) is 34.7 Å². The van der Waals surface area contributed by atoms with E-state index in [4.69, 9.17) is 71.7 Å². The highest BCUT2D eigenvalue weighted by Crippen LogP contribution is 2.44. The van der Waals surface area contributed by atoms with Gasteiger partial charge in [0.05, 0.1) is 75.4 Å². The van der Waals surface area contributed by atoms with Gasteiger partial charge in [-0.15, -0.1) is 0 Å². The second kappa shape index (κ2) is 33.2. The zero-order valence-corrected chi connectivity index (χ0v) is 61.1. The first kappa shape index (κ1) is 75.0. The molecule has 0 spiro atoms. The maximum Gasteiger partial charge on any atom is 0.267 e.